The molecule has 0 aliphatic heterocycles. The molecule has 2 aromatic rings. The largest absolute Gasteiger partial charge is 0.454 e. The SMILES string of the molecule is CCCCCc1ccc(Oc2ccc(C(=O)CC)cc2F)cc1. The third kappa shape index (κ3) is 4.92. The summed E-state index contributed by atoms with van der Waals surface area (Å²) in [6.07, 6.45) is 5.02. The number of ether oxygens (including phenoxy) is 1. The maximum absolute atomic E-state index is 14.0. The molecule has 0 aliphatic rings. The lowest BCUT2D eigenvalue weighted by atomic mass is 10.1. The van der Waals surface area contributed by atoms with E-state index in [0.29, 0.717) is 17.7 Å². The van der Waals surface area contributed by atoms with E-state index < -0.39 is 5.82 Å². The first kappa shape index (κ1) is 17.2. The Balaban J connectivity index is 2.03. The van der Waals surface area contributed by atoms with Crippen LogP contribution in [0.25, 0.3) is 0 Å². The van der Waals surface area contributed by atoms with Crippen molar-refractivity contribution < 1.29 is 13.9 Å². The highest BCUT2D eigenvalue weighted by Gasteiger charge is 2.10. The highest BCUT2D eigenvalue weighted by molar-refractivity contribution is 5.95. The van der Waals surface area contributed by atoms with Gasteiger partial charge in [0.2, 0.25) is 0 Å². The van der Waals surface area contributed by atoms with Crippen LogP contribution < -0.4 is 4.74 Å². The average molecular weight is 314 g/mol. The van der Waals surface area contributed by atoms with Crippen LogP contribution in [0.3, 0.4) is 0 Å². The molecule has 2 nitrogen and oxygen atoms in total. The molecule has 0 saturated heterocycles. The number of benzene rings is 2. The molecular formula is C20H23FO2. The molecule has 0 radical (unpaired) electrons. The maximum Gasteiger partial charge on any atom is 0.166 e. The zero-order chi connectivity index (χ0) is 16.7. The quantitative estimate of drug-likeness (QED) is 0.445. The van der Waals surface area contributed by atoms with E-state index >= 15 is 0 Å². The molecule has 2 rings (SSSR count). The summed E-state index contributed by atoms with van der Waals surface area (Å²) in [5.74, 6) is 0.136. The molecule has 0 bridgehead atoms. The first-order chi connectivity index (χ1) is 11.1. The van der Waals surface area contributed by atoms with Gasteiger partial charge < -0.3 is 4.74 Å². The molecule has 122 valence electrons. The van der Waals surface area contributed by atoms with E-state index in [-0.39, 0.29) is 11.5 Å². The Morgan fingerprint density at radius 2 is 1.78 bits per heavy atom. The fourth-order valence-corrected chi connectivity index (χ4v) is 2.39. The fourth-order valence-electron chi connectivity index (χ4n) is 2.39. The lowest BCUT2D eigenvalue weighted by Gasteiger charge is -2.09. The number of halogens is 1. The lowest BCUT2D eigenvalue weighted by Crippen LogP contribution is -1.98. The van der Waals surface area contributed by atoms with Gasteiger partial charge in [0.1, 0.15) is 5.75 Å². The predicted molar refractivity (Wildman–Crippen MR) is 90.8 cm³/mol. The topological polar surface area (TPSA) is 26.3 Å². The Kier molecular flexibility index (Phi) is 6.33. The van der Waals surface area contributed by atoms with Crippen molar-refractivity contribution in [1.29, 1.82) is 0 Å². The number of Topliss-reactive ketones (excluding diaryl/α,β-unsaturated/α-hetero) is 1. The summed E-state index contributed by atoms with van der Waals surface area (Å²) < 4.78 is 19.6. The minimum absolute atomic E-state index is 0.0770. The van der Waals surface area contributed by atoms with Gasteiger partial charge in [-0.15, -0.1) is 0 Å². The molecule has 2 aromatic carbocycles. The van der Waals surface area contributed by atoms with Crippen LogP contribution in [0.1, 0.15) is 55.5 Å². The van der Waals surface area contributed by atoms with Gasteiger partial charge in [-0.2, -0.15) is 0 Å². The highest BCUT2D eigenvalue weighted by atomic mass is 19.1. The first-order valence-electron chi connectivity index (χ1n) is 8.23. The summed E-state index contributed by atoms with van der Waals surface area (Å²) in [7, 11) is 0. The number of rotatable bonds is 8. The number of carbonyl (C=O) groups is 1. The van der Waals surface area contributed by atoms with Crippen molar-refractivity contribution >= 4 is 5.78 Å². The normalized spacial score (nSPS) is 10.6. The summed E-state index contributed by atoms with van der Waals surface area (Å²) in [6.45, 7) is 3.94. The molecule has 0 spiro atoms. The molecule has 0 amide bonds. The van der Waals surface area contributed by atoms with Crippen molar-refractivity contribution in [3.05, 3.63) is 59.4 Å². The zero-order valence-electron chi connectivity index (χ0n) is 13.8. The van der Waals surface area contributed by atoms with Gasteiger partial charge in [0, 0.05) is 12.0 Å². The van der Waals surface area contributed by atoms with Crippen molar-refractivity contribution in [3.8, 4) is 11.5 Å². The van der Waals surface area contributed by atoms with E-state index in [4.69, 9.17) is 4.74 Å². The molecule has 3 heteroatoms. The Morgan fingerprint density at radius 1 is 1.04 bits per heavy atom. The van der Waals surface area contributed by atoms with Crippen LogP contribution in [0.4, 0.5) is 4.39 Å². The molecule has 0 fully saturated rings. The third-order valence-corrected chi connectivity index (χ3v) is 3.80. The summed E-state index contributed by atoms with van der Waals surface area (Å²) in [5, 5.41) is 0. The minimum atomic E-state index is -0.517. The molecule has 0 N–H and O–H groups in total. The van der Waals surface area contributed by atoms with E-state index in [9.17, 15) is 9.18 Å². The number of hydrogen-bond acceptors (Lipinski definition) is 2. The van der Waals surface area contributed by atoms with Gasteiger partial charge in [0.25, 0.3) is 0 Å². The minimum Gasteiger partial charge on any atom is -0.454 e. The Morgan fingerprint density at radius 3 is 2.39 bits per heavy atom. The van der Waals surface area contributed by atoms with Crippen LogP contribution in [0.5, 0.6) is 11.5 Å². The molecule has 0 aliphatic carbocycles. The van der Waals surface area contributed by atoms with Gasteiger partial charge in [-0.3, -0.25) is 4.79 Å². The Bertz CT molecular complexity index is 647. The van der Waals surface area contributed by atoms with Crippen LogP contribution >= 0.6 is 0 Å². The summed E-state index contributed by atoms with van der Waals surface area (Å²) in [5.41, 5.74) is 1.64. The zero-order valence-corrected chi connectivity index (χ0v) is 13.8. The van der Waals surface area contributed by atoms with Gasteiger partial charge >= 0.3 is 0 Å². The Labute approximate surface area is 137 Å². The van der Waals surface area contributed by atoms with E-state index in [0.717, 1.165) is 6.42 Å². The monoisotopic (exact) mass is 314 g/mol. The van der Waals surface area contributed by atoms with Crippen LogP contribution in [-0.4, -0.2) is 5.78 Å². The van der Waals surface area contributed by atoms with E-state index in [1.54, 1.807) is 13.0 Å². The highest BCUT2D eigenvalue weighted by Crippen LogP contribution is 2.26. The summed E-state index contributed by atoms with van der Waals surface area (Å²) in [6, 6.07) is 12.1. The Hall–Kier alpha value is -2.16. The molecule has 0 atom stereocenters. The van der Waals surface area contributed by atoms with Crippen molar-refractivity contribution in [2.75, 3.05) is 0 Å². The molecule has 0 unspecified atom stereocenters. The third-order valence-electron chi connectivity index (χ3n) is 3.80. The average Bonchev–Trinajstić information content (AvgIpc) is 2.57. The number of ketones is 1. The predicted octanol–water partition coefficient (Wildman–Crippen LogP) is 5.94. The first-order valence-corrected chi connectivity index (χ1v) is 8.23. The van der Waals surface area contributed by atoms with Gasteiger partial charge in [-0.05, 0) is 48.7 Å². The smallest absolute Gasteiger partial charge is 0.166 e. The standard InChI is InChI=1S/C20H23FO2/c1-3-5-6-7-15-8-11-17(12-9-15)23-20-13-10-16(14-18(20)21)19(22)4-2/h8-14H,3-7H2,1-2H3. The summed E-state index contributed by atoms with van der Waals surface area (Å²) in [4.78, 5) is 11.6. The number of aryl methyl sites for hydroxylation is 1. The van der Waals surface area contributed by atoms with E-state index in [1.807, 2.05) is 24.3 Å². The summed E-state index contributed by atoms with van der Waals surface area (Å²) >= 11 is 0. The van der Waals surface area contributed by atoms with Gasteiger partial charge in [-0.1, -0.05) is 38.8 Å². The van der Waals surface area contributed by atoms with Crippen LogP contribution in [-0.2, 0) is 6.42 Å². The lowest BCUT2D eigenvalue weighted by molar-refractivity contribution is 0.0987. The molecule has 0 heterocycles. The molecule has 0 saturated carbocycles. The number of carbonyl (C=O) groups excluding carboxylic acids is 1. The second-order valence-corrected chi connectivity index (χ2v) is 5.63. The maximum atomic E-state index is 14.0. The molecular weight excluding hydrogens is 291 g/mol. The van der Waals surface area contributed by atoms with Crippen LogP contribution in [0.15, 0.2) is 42.5 Å². The second kappa shape index (κ2) is 8.47. The van der Waals surface area contributed by atoms with E-state index in [1.165, 1.54) is 37.0 Å². The van der Waals surface area contributed by atoms with Crippen molar-refractivity contribution in [3.63, 3.8) is 0 Å². The van der Waals surface area contributed by atoms with E-state index in [2.05, 4.69) is 6.92 Å². The molecule has 0 aromatic heterocycles. The van der Waals surface area contributed by atoms with Gasteiger partial charge in [-0.25, -0.2) is 4.39 Å². The van der Waals surface area contributed by atoms with Crippen LogP contribution in [0.2, 0.25) is 0 Å². The molecule has 23 heavy (non-hydrogen) atoms. The van der Waals surface area contributed by atoms with Gasteiger partial charge in [0.05, 0.1) is 0 Å². The second-order valence-electron chi connectivity index (χ2n) is 5.63. The number of hydrogen-bond donors (Lipinski definition) is 0. The van der Waals surface area contributed by atoms with Crippen molar-refractivity contribution in [1.82, 2.24) is 0 Å². The van der Waals surface area contributed by atoms with Crippen molar-refractivity contribution in [2.24, 2.45) is 0 Å². The van der Waals surface area contributed by atoms with Gasteiger partial charge in [0.15, 0.2) is 17.3 Å². The van der Waals surface area contributed by atoms with Crippen molar-refractivity contribution in [2.45, 2.75) is 46.0 Å². The van der Waals surface area contributed by atoms with Crippen LogP contribution in [0, 0.1) is 5.82 Å². The fraction of sp³-hybridized carbons (Fsp3) is 0.350. The number of unbranched alkanes of at least 4 members (excludes halogenated alkanes) is 2.